The van der Waals surface area contributed by atoms with Crippen LogP contribution in [0.3, 0.4) is 0 Å². The number of nitrogens with zero attached hydrogens (tertiary/aromatic N) is 2. The van der Waals surface area contributed by atoms with Crippen LogP contribution in [-0.4, -0.2) is 60.9 Å². The Bertz CT molecular complexity index is 1030. The molecule has 176 valence electrons. The molecule has 1 heterocycles. The van der Waals surface area contributed by atoms with Crippen LogP contribution in [-0.2, 0) is 15.0 Å². The van der Waals surface area contributed by atoms with Gasteiger partial charge in [-0.1, -0.05) is 45.0 Å². The fraction of sp³-hybridized carbons (Fsp3) is 0.407. The first kappa shape index (κ1) is 24.5. The van der Waals surface area contributed by atoms with E-state index in [4.69, 9.17) is 4.74 Å². The Labute approximate surface area is 196 Å². The number of ether oxygens (including phenoxy) is 1. The van der Waals surface area contributed by atoms with Crippen LogP contribution in [0.4, 0.5) is 0 Å². The summed E-state index contributed by atoms with van der Waals surface area (Å²) in [5.41, 5.74) is 2.54. The predicted molar refractivity (Wildman–Crippen MR) is 130 cm³/mol. The summed E-state index contributed by atoms with van der Waals surface area (Å²) < 4.78 is 5.19. The summed E-state index contributed by atoms with van der Waals surface area (Å²) in [5.74, 6) is -0.757. The Morgan fingerprint density at radius 2 is 1.64 bits per heavy atom. The van der Waals surface area contributed by atoms with E-state index in [0.29, 0.717) is 17.9 Å². The van der Waals surface area contributed by atoms with Crippen molar-refractivity contribution in [3.63, 3.8) is 0 Å². The number of Topliss-reactive ketones (excluding diaryl/α,β-unsaturated/α-hetero) is 1. The van der Waals surface area contributed by atoms with Gasteiger partial charge in [0.25, 0.3) is 11.7 Å². The molecule has 0 radical (unpaired) electrons. The third kappa shape index (κ3) is 5.28. The Kier molecular flexibility index (Phi) is 7.28. The number of aliphatic hydroxyl groups excluding tert-OH is 1. The molecule has 1 aliphatic rings. The Morgan fingerprint density at radius 3 is 2.15 bits per heavy atom. The second-order valence-corrected chi connectivity index (χ2v) is 9.75. The first-order valence-electron chi connectivity index (χ1n) is 11.2. The second kappa shape index (κ2) is 9.79. The van der Waals surface area contributed by atoms with E-state index in [0.717, 1.165) is 24.1 Å². The van der Waals surface area contributed by atoms with Crippen molar-refractivity contribution in [3.8, 4) is 5.75 Å². The molecule has 33 heavy (non-hydrogen) atoms. The van der Waals surface area contributed by atoms with Gasteiger partial charge in [-0.05, 0) is 67.9 Å². The third-order valence-corrected chi connectivity index (χ3v) is 6.00. The number of carbonyl (C=O) groups is 2. The number of ketones is 1. The molecule has 3 rings (SSSR count). The topological polar surface area (TPSA) is 70.1 Å². The van der Waals surface area contributed by atoms with E-state index in [9.17, 15) is 14.7 Å². The molecule has 6 heteroatoms. The largest absolute Gasteiger partial charge is 0.507 e. The monoisotopic (exact) mass is 450 g/mol. The van der Waals surface area contributed by atoms with E-state index in [1.54, 1.807) is 36.3 Å². The summed E-state index contributed by atoms with van der Waals surface area (Å²) in [6.45, 7) is 7.63. The minimum atomic E-state index is -0.655. The van der Waals surface area contributed by atoms with Gasteiger partial charge < -0.3 is 19.6 Å². The van der Waals surface area contributed by atoms with Crippen molar-refractivity contribution in [3.05, 3.63) is 70.8 Å². The Balaban J connectivity index is 2.08. The fourth-order valence-electron chi connectivity index (χ4n) is 4.08. The van der Waals surface area contributed by atoms with Gasteiger partial charge in [0.15, 0.2) is 0 Å². The van der Waals surface area contributed by atoms with Gasteiger partial charge in [-0.25, -0.2) is 0 Å². The van der Waals surface area contributed by atoms with Crippen molar-refractivity contribution in [2.45, 2.75) is 38.6 Å². The molecule has 1 atom stereocenters. The number of likely N-dealkylation sites (tertiary alicyclic amines) is 1. The van der Waals surface area contributed by atoms with Gasteiger partial charge in [0, 0.05) is 12.1 Å². The van der Waals surface area contributed by atoms with Crippen molar-refractivity contribution in [1.82, 2.24) is 9.80 Å². The minimum Gasteiger partial charge on any atom is -0.507 e. The molecular formula is C27H34N2O4. The van der Waals surface area contributed by atoms with Crippen LogP contribution in [0, 0.1) is 0 Å². The van der Waals surface area contributed by atoms with E-state index >= 15 is 0 Å². The standard InChI is InChI=1S/C27H34N2O4/c1-27(2,3)20-12-8-18(9-13-20)23-22(24(30)19-10-14-21(33-6)15-11-19)25(31)26(32)29(23)17-7-16-28(4)5/h8-15,23,30H,7,16-17H2,1-6H3/b24-22-. The molecule has 1 N–H and O–H groups in total. The third-order valence-electron chi connectivity index (χ3n) is 6.00. The normalized spacial score (nSPS) is 18.3. The average molecular weight is 451 g/mol. The van der Waals surface area contributed by atoms with Crippen LogP contribution in [0.15, 0.2) is 54.1 Å². The molecule has 0 saturated carbocycles. The van der Waals surface area contributed by atoms with Gasteiger partial charge in [-0.15, -0.1) is 0 Å². The molecule has 0 bridgehead atoms. The van der Waals surface area contributed by atoms with E-state index < -0.39 is 17.7 Å². The molecule has 1 saturated heterocycles. The minimum absolute atomic E-state index is 0.0187. The predicted octanol–water partition coefficient (Wildman–Crippen LogP) is 4.37. The van der Waals surface area contributed by atoms with Crippen molar-refractivity contribution < 1.29 is 19.4 Å². The van der Waals surface area contributed by atoms with Gasteiger partial charge in [-0.3, -0.25) is 9.59 Å². The number of hydrogen-bond acceptors (Lipinski definition) is 5. The molecule has 1 unspecified atom stereocenters. The van der Waals surface area contributed by atoms with Crippen LogP contribution in [0.5, 0.6) is 5.75 Å². The van der Waals surface area contributed by atoms with E-state index in [1.807, 2.05) is 43.3 Å². The van der Waals surface area contributed by atoms with Crippen LogP contribution in [0.2, 0.25) is 0 Å². The summed E-state index contributed by atoms with van der Waals surface area (Å²) in [5, 5.41) is 11.1. The molecule has 2 aromatic rings. The van der Waals surface area contributed by atoms with Crippen LogP contribution in [0.1, 0.15) is 49.9 Å². The lowest BCUT2D eigenvalue weighted by atomic mass is 9.85. The molecule has 0 spiro atoms. The highest BCUT2D eigenvalue weighted by atomic mass is 16.5. The lowest BCUT2D eigenvalue weighted by molar-refractivity contribution is -0.139. The molecule has 2 aromatic carbocycles. The van der Waals surface area contributed by atoms with Gasteiger partial charge in [0.1, 0.15) is 11.5 Å². The lowest BCUT2D eigenvalue weighted by Crippen LogP contribution is -2.32. The Morgan fingerprint density at radius 1 is 1.03 bits per heavy atom. The number of hydrogen-bond donors (Lipinski definition) is 1. The first-order valence-corrected chi connectivity index (χ1v) is 11.2. The highest BCUT2D eigenvalue weighted by molar-refractivity contribution is 6.46. The summed E-state index contributed by atoms with van der Waals surface area (Å²) >= 11 is 0. The zero-order valence-electron chi connectivity index (χ0n) is 20.4. The zero-order chi connectivity index (χ0) is 24.3. The Hall–Kier alpha value is -3.12. The maximum atomic E-state index is 13.1. The van der Waals surface area contributed by atoms with Crippen molar-refractivity contribution in [2.75, 3.05) is 34.3 Å². The second-order valence-electron chi connectivity index (χ2n) is 9.75. The highest BCUT2D eigenvalue weighted by Gasteiger charge is 2.45. The number of aliphatic hydroxyl groups is 1. The van der Waals surface area contributed by atoms with E-state index in [-0.39, 0.29) is 16.7 Å². The van der Waals surface area contributed by atoms with Crippen LogP contribution >= 0.6 is 0 Å². The van der Waals surface area contributed by atoms with Crippen molar-refractivity contribution >= 4 is 17.4 Å². The van der Waals surface area contributed by atoms with Crippen LogP contribution < -0.4 is 4.74 Å². The van der Waals surface area contributed by atoms with E-state index in [2.05, 4.69) is 20.8 Å². The zero-order valence-corrected chi connectivity index (χ0v) is 20.4. The maximum absolute atomic E-state index is 13.1. The molecular weight excluding hydrogens is 416 g/mol. The number of amides is 1. The highest BCUT2D eigenvalue weighted by Crippen LogP contribution is 2.40. The number of methoxy groups -OCH3 is 1. The van der Waals surface area contributed by atoms with Gasteiger partial charge in [-0.2, -0.15) is 0 Å². The lowest BCUT2D eigenvalue weighted by Gasteiger charge is -2.27. The number of carbonyl (C=O) groups excluding carboxylic acids is 2. The summed E-state index contributed by atoms with van der Waals surface area (Å²) in [6.07, 6.45) is 0.721. The molecule has 1 amide bonds. The molecule has 0 aromatic heterocycles. The van der Waals surface area contributed by atoms with Gasteiger partial charge in [0.2, 0.25) is 0 Å². The molecule has 1 aliphatic heterocycles. The summed E-state index contributed by atoms with van der Waals surface area (Å²) in [4.78, 5) is 29.8. The smallest absolute Gasteiger partial charge is 0.295 e. The molecule has 0 aliphatic carbocycles. The quantitative estimate of drug-likeness (QED) is 0.385. The summed E-state index contributed by atoms with van der Waals surface area (Å²) in [6, 6.07) is 14.1. The SMILES string of the molecule is COc1ccc(/C(O)=C2/C(=O)C(=O)N(CCCN(C)C)C2c2ccc(C(C)(C)C)cc2)cc1. The molecule has 6 nitrogen and oxygen atoms in total. The summed E-state index contributed by atoms with van der Waals surface area (Å²) in [7, 11) is 5.51. The number of benzene rings is 2. The van der Waals surface area contributed by atoms with Crippen LogP contribution in [0.25, 0.3) is 5.76 Å². The van der Waals surface area contributed by atoms with Crippen molar-refractivity contribution in [2.24, 2.45) is 0 Å². The van der Waals surface area contributed by atoms with Gasteiger partial charge >= 0.3 is 0 Å². The molecule has 1 fully saturated rings. The average Bonchev–Trinajstić information content (AvgIpc) is 3.03. The number of rotatable bonds is 7. The fourth-order valence-corrected chi connectivity index (χ4v) is 4.08. The first-order chi connectivity index (χ1) is 15.5. The maximum Gasteiger partial charge on any atom is 0.295 e. The van der Waals surface area contributed by atoms with Gasteiger partial charge in [0.05, 0.1) is 18.7 Å². The van der Waals surface area contributed by atoms with Crippen molar-refractivity contribution in [1.29, 1.82) is 0 Å². The van der Waals surface area contributed by atoms with E-state index in [1.165, 1.54) is 0 Å².